The standard InChI is InChI=1S/C23H23N5O2/c1-27-11-13-28(14-12-27)22-21(25-19-9-5-6-10-20(19)26-22)18(15-24)23(29)30-16-17-7-3-2-4-8-17/h2-10,18H,11-14,16H2,1H3. The minimum Gasteiger partial charge on any atom is -0.460 e. The minimum absolute atomic E-state index is 0.114. The van der Waals surface area contributed by atoms with Gasteiger partial charge in [0, 0.05) is 26.2 Å². The first-order valence-electron chi connectivity index (χ1n) is 9.96. The maximum Gasteiger partial charge on any atom is 0.330 e. The second kappa shape index (κ2) is 8.89. The van der Waals surface area contributed by atoms with E-state index in [0.717, 1.165) is 37.3 Å². The van der Waals surface area contributed by atoms with E-state index in [1.165, 1.54) is 0 Å². The smallest absolute Gasteiger partial charge is 0.330 e. The van der Waals surface area contributed by atoms with Gasteiger partial charge < -0.3 is 14.5 Å². The van der Waals surface area contributed by atoms with Gasteiger partial charge in [-0.15, -0.1) is 0 Å². The van der Waals surface area contributed by atoms with E-state index >= 15 is 0 Å². The quantitative estimate of drug-likeness (QED) is 0.608. The fraction of sp³-hybridized carbons (Fsp3) is 0.304. The normalized spacial score (nSPS) is 15.5. The third-order valence-corrected chi connectivity index (χ3v) is 5.24. The second-order valence-electron chi connectivity index (χ2n) is 7.37. The molecule has 0 radical (unpaired) electrons. The number of fused-ring (bicyclic) bond motifs is 1. The number of carbonyl (C=O) groups excluding carboxylic acids is 1. The maximum atomic E-state index is 12.8. The molecular weight excluding hydrogens is 378 g/mol. The van der Waals surface area contributed by atoms with Gasteiger partial charge in [-0.05, 0) is 24.7 Å². The number of rotatable bonds is 5. The molecule has 1 aliphatic heterocycles. The van der Waals surface area contributed by atoms with E-state index in [1.54, 1.807) is 0 Å². The average Bonchev–Trinajstić information content (AvgIpc) is 2.79. The summed E-state index contributed by atoms with van der Waals surface area (Å²) in [4.78, 5) is 26.6. The first kappa shape index (κ1) is 19.8. The van der Waals surface area contributed by atoms with Crippen LogP contribution in [0.15, 0.2) is 54.6 Å². The Labute approximate surface area is 175 Å². The maximum absolute atomic E-state index is 12.8. The topological polar surface area (TPSA) is 82.4 Å². The van der Waals surface area contributed by atoms with Gasteiger partial charge in [0.25, 0.3) is 0 Å². The Morgan fingerprint density at radius 2 is 1.67 bits per heavy atom. The van der Waals surface area contributed by atoms with Crippen LogP contribution in [0.25, 0.3) is 11.0 Å². The van der Waals surface area contributed by atoms with Crippen LogP contribution in [0.5, 0.6) is 0 Å². The zero-order valence-corrected chi connectivity index (χ0v) is 16.9. The number of nitrogens with zero attached hydrogens (tertiary/aromatic N) is 5. The summed E-state index contributed by atoms with van der Waals surface area (Å²) in [5.41, 5.74) is 2.62. The molecule has 7 nitrogen and oxygen atoms in total. The minimum atomic E-state index is -1.14. The van der Waals surface area contributed by atoms with E-state index < -0.39 is 11.9 Å². The molecule has 1 unspecified atom stereocenters. The summed E-state index contributed by atoms with van der Waals surface area (Å²) >= 11 is 0. The van der Waals surface area contributed by atoms with Crippen LogP contribution >= 0.6 is 0 Å². The predicted molar refractivity (Wildman–Crippen MR) is 114 cm³/mol. The van der Waals surface area contributed by atoms with Gasteiger partial charge in [-0.25, -0.2) is 9.97 Å². The van der Waals surface area contributed by atoms with Crippen molar-refractivity contribution in [2.45, 2.75) is 12.5 Å². The largest absolute Gasteiger partial charge is 0.460 e. The van der Waals surface area contributed by atoms with E-state index in [9.17, 15) is 10.1 Å². The molecule has 0 bridgehead atoms. The molecule has 0 saturated carbocycles. The highest BCUT2D eigenvalue weighted by Crippen LogP contribution is 2.28. The Kier molecular flexibility index (Phi) is 5.87. The van der Waals surface area contributed by atoms with Crippen LogP contribution in [0.1, 0.15) is 17.2 Å². The number of anilines is 1. The van der Waals surface area contributed by atoms with Crippen LogP contribution < -0.4 is 4.90 Å². The van der Waals surface area contributed by atoms with Crippen molar-refractivity contribution in [2.24, 2.45) is 0 Å². The van der Waals surface area contributed by atoms with Crippen molar-refractivity contribution in [1.82, 2.24) is 14.9 Å². The number of hydrogen-bond donors (Lipinski definition) is 0. The highest BCUT2D eigenvalue weighted by molar-refractivity contribution is 5.85. The SMILES string of the molecule is CN1CCN(c2nc3ccccc3nc2C(C#N)C(=O)OCc2ccccc2)CC1. The lowest BCUT2D eigenvalue weighted by atomic mass is 10.1. The molecule has 0 amide bonds. The summed E-state index contributed by atoms with van der Waals surface area (Å²) in [7, 11) is 2.07. The van der Waals surface area contributed by atoms with Gasteiger partial charge in [0.05, 0.1) is 17.1 Å². The number of likely N-dealkylation sites (N-methyl/N-ethyl adjacent to an activating group) is 1. The van der Waals surface area contributed by atoms with Gasteiger partial charge in [0.15, 0.2) is 11.7 Å². The van der Waals surface area contributed by atoms with Crippen LogP contribution in [-0.4, -0.2) is 54.1 Å². The van der Waals surface area contributed by atoms with Crippen LogP contribution in [0.2, 0.25) is 0 Å². The molecule has 0 spiro atoms. The number of ether oxygens (including phenoxy) is 1. The molecule has 3 aromatic rings. The Morgan fingerprint density at radius 1 is 1.03 bits per heavy atom. The predicted octanol–water partition coefficient (Wildman–Crippen LogP) is 2.73. The third kappa shape index (κ3) is 4.24. The second-order valence-corrected chi connectivity index (χ2v) is 7.37. The van der Waals surface area contributed by atoms with Crippen molar-refractivity contribution in [3.05, 3.63) is 65.9 Å². The van der Waals surface area contributed by atoms with Crippen molar-refractivity contribution >= 4 is 22.8 Å². The van der Waals surface area contributed by atoms with Crippen LogP contribution in [0, 0.1) is 11.3 Å². The van der Waals surface area contributed by atoms with Crippen LogP contribution in [0.3, 0.4) is 0 Å². The van der Waals surface area contributed by atoms with Crippen molar-refractivity contribution in [2.75, 3.05) is 38.1 Å². The Balaban J connectivity index is 1.66. The number of carbonyl (C=O) groups is 1. The summed E-state index contributed by atoms with van der Waals surface area (Å²) in [6.07, 6.45) is 0. The van der Waals surface area contributed by atoms with E-state index in [0.29, 0.717) is 17.0 Å². The van der Waals surface area contributed by atoms with Gasteiger partial charge in [-0.2, -0.15) is 5.26 Å². The molecule has 152 valence electrons. The molecule has 30 heavy (non-hydrogen) atoms. The Hall–Kier alpha value is -3.50. The number of aromatic nitrogens is 2. The van der Waals surface area contributed by atoms with E-state index in [-0.39, 0.29) is 6.61 Å². The van der Waals surface area contributed by atoms with Gasteiger partial charge in [0.2, 0.25) is 0 Å². The number of nitriles is 1. The van der Waals surface area contributed by atoms with Crippen molar-refractivity contribution in [1.29, 1.82) is 5.26 Å². The van der Waals surface area contributed by atoms with Gasteiger partial charge in [-0.1, -0.05) is 42.5 Å². The van der Waals surface area contributed by atoms with Gasteiger partial charge >= 0.3 is 5.97 Å². The Bertz CT molecular complexity index is 1070. The molecular formula is C23H23N5O2. The number of para-hydroxylation sites is 2. The number of piperazine rings is 1. The summed E-state index contributed by atoms with van der Waals surface area (Å²) in [5, 5.41) is 9.84. The lowest BCUT2D eigenvalue weighted by Crippen LogP contribution is -2.45. The fourth-order valence-corrected chi connectivity index (χ4v) is 3.49. The van der Waals surface area contributed by atoms with Crippen molar-refractivity contribution in [3.63, 3.8) is 0 Å². The molecule has 1 aromatic heterocycles. The Morgan fingerprint density at radius 3 is 2.33 bits per heavy atom. The molecule has 7 heteroatoms. The molecule has 0 aliphatic carbocycles. The monoisotopic (exact) mass is 401 g/mol. The van der Waals surface area contributed by atoms with Crippen molar-refractivity contribution in [3.8, 4) is 6.07 Å². The highest BCUT2D eigenvalue weighted by atomic mass is 16.5. The average molecular weight is 401 g/mol. The lowest BCUT2D eigenvalue weighted by Gasteiger charge is -2.34. The molecule has 4 rings (SSSR count). The summed E-state index contributed by atoms with van der Waals surface area (Å²) in [5.74, 6) is -1.16. The highest BCUT2D eigenvalue weighted by Gasteiger charge is 2.31. The number of hydrogen-bond acceptors (Lipinski definition) is 7. The molecule has 0 N–H and O–H groups in total. The van der Waals surface area contributed by atoms with E-state index in [2.05, 4.69) is 27.9 Å². The van der Waals surface area contributed by atoms with Gasteiger partial charge in [-0.3, -0.25) is 4.79 Å². The lowest BCUT2D eigenvalue weighted by molar-refractivity contribution is -0.145. The summed E-state index contributed by atoms with van der Waals surface area (Å²) in [6.45, 7) is 3.39. The number of benzene rings is 2. The zero-order chi connectivity index (χ0) is 20.9. The summed E-state index contributed by atoms with van der Waals surface area (Å²) < 4.78 is 5.45. The van der Waals surface area contributed by atoms with E-state index in [1.807, 2.05) is 54.6 Å². The van der Waals surface area contributed by atoms with Crippen LogP contribution in [0.4, 0.5) is 5.82 Å². The molecule has 2 heterocycles. The summed E-state index contributed by atoms with van der Waals surface area (Å²) in [6, 6.07) is 19.0. The zero-order valence-electron chi connectivity index (χ0n) is 16.9. The van der Waals surface area contributed by atoms with Crippen LogP contribution in [-0.2, 0) is 16.1 Å². The van der Waals surface area contributed by atoms with Gasteiger partial charge in [0.1, 0.15) is 12.3 Å². The molecule has 2 aromatic carbocycles. The first-order valence-corrected chi connectivity index (χ1v) is 9.96. The fourth-order valence-electron chi connectivity index (χ4n) is 3.49. The molecule has 1 aliphatic rings. The molecule has 1 fully saturated rings. The van der Waals surface area contributed by atoms with E-state index in [4.69, 9.17) is 9.72 Å². The molecule has 1 atom stereocenters. The van der Waals surface area contributed by atoms with Crippen molar-refractivity contribution < 1.29 is 9.53 Å². The molecule has 1 saturated heterocycles. The number of esters is 1. The third-order valence-electron chi connectivity index (χ3n) is 5.24. The first-order chi connectivity index (χ1) is 14.7.